The number of benzene rings is 1. The van der Waals surface area contributed by atoms with Crippen molar-refractivity contribution in [1.82, 2.24) is 5.32 Å². The molecular weight excluding hydrogens is 242 g/mol. The van der Waals surface area contributed by atoms with Gasteiger partial charge in [0.25, 0.3) is 0 Å². The molecule has 0 spiro atoms. The van der Waals surface area contributed by atoms with E-state index in [2.05, 4.69) is 58.1 Å². The van der Waals surface area contributed by atoms with Gasteiger partial charge in [-0.15, -0.1) is 0 Å². The van der Waals surface area contributed by atoms with Gasteiger partial charge in [0.2, 0.25) is 0 Å². The van der Waals surface area contributed by atoms with Crippen molar-refractivity contribution < 1.29 is 0 Å². The SMILES string of the molecule is CC(NCC(C)C(C)(C)C)c1ccc2c(c1)CCCC2. The first kappa shape index (κ1) is 15.6. The molecule has 0 saturated heterocycles. The van der Waals surface area contributed by atoms with E-state index in [-0.39, 0.29) is 0 Å². The summed E-state index contributed by atoms with van der Waals surface area (Å²) in [6, 6.07) is 7.57. The molecule has 0 amide bonds. The first-order valence-electron chi connectivity index (χ1n) is 8.23. The van der Waals surface area contributed by atoms with Gasteiger partial charge in [-0.3, -0.25) is 0 Å². The second kappa shape index (κ2) is 6.30. The van der Waals surface area contributed by atoms with Gasteiger partial charge in [-0.1, -0.05) is 45.9 Å². The molecule has 0 aliphatic heterocycles. The summed E-state index contributed by atoms with van der Waals surface area (Å²) < 4.78 is 0. The monoisotopic (exact) mass is 273 g/mol. The molecule has 0 fully saturated rings. The molecule has 1 aromatic rings. The highest BCUT2D eigenvalue weighted by Crippen LogP contribution is 2.27. The molecule has 1 aromatic carbocycles. The highest BCUT2D eigenvalue weighted by molar-refractivity contribution is 5.35. The van der Waals surface area contributed by atoms with Crippen LogP contribution in [0, 0.1) is 11.3 Å². The summed E-state index contributed by atoms with van der Waals surface area (Å²) in [5.41, 5.74) is 5.00. The average Bonchev–Trinajstić information content (AvgIpc) is 2.42. The van der Waals surface area contributed by atoms with Crippen LogP contribution < -0.4 is 5.32 Å². The van der Waals surface area contributed by atoms with Gasteiger partial charge in [-0.25, -0.2) is 0 Å². The van der Waals surface area contributed by atoms with E-state index in [1.807, 2.05) is 0 Å². The van der Waals surface area contributed by atoms with Crippen molar-refractivity contribution in [1.29, 1.82) is 0 Å². The quantitative estimate of drug-likeness (QED) is 0.823. The van der Waals surface area contributed by atoms with Crippen LogP contribution in [0.1, 0.15) is 70.2 Å². The zero-order valence-electron chi connectivity index (χ0n) is 13.9. The fraction of sp³-hybridized carbons (Fsp3) is 0.684. The van der Waals surface area contributed by atoms with Crippen LogP contribution in [0.3, 0.4) is 0 Å². The molecule has 2 unspecified atom stereocenters. The summed E-state index contributed by atoms with van der Waals surface area (Å²) in [4.78, 5) is 0. The highest BCUT2D eigenvalue weighted by Gasteiger charge is 2.20. The third kappa shape index (κ3) is 3.85. The van der Waals surface area contributed by atoms with Crippen molar-refractivity contribution in [2.24, 2.45) is 11.3 Å². The number of hydrogen-bond donors (Lipinski definition) is 1. The topological polar surface area (TPSA) is 12.0 Å². The highest BCUT2D eigenvalue weighted by atomic mass is 14.9. The minimum absolute atomic E-state index is 0.378. The molecule has 20 heavy (non-hydrogen) atoms. The van der Waals surface area contributed by atoms with E-state index in [1.54, 1.807) is 11.1 Å². The summed E-state index contributed by atoms with van der Waals surface area (Å²) in [7, 11) is 0. The molecule has 0 radical (unpaired) electrons. The lowest BCUT2D eigenvalue weighted by Gasteiger charge is -2.29. The minimum atomic E-state index is 0.378. The molecular formula is C19H31N. The molecule has 0 aromatic heterocycles. The van der Waals surface area contributed by atoms with Gasteiger partial charge in [0.1, 0.15) is 0 Å². The molecule has 112 valence electrons. The van der Waals surface area contributed by atoms with Gasteiger partial charge < -0.3 is 5.32 Å². The number of nitrogens with one attached hydrogen (secondary N) is 1. The lowest BCUT2D eigenvalue weighted by Crippen LogP contribution is -2.31. The summed E-state index contributed by atoms with van der Waals surface area (Å²) >= 11 is 0. The number of aryl methyl sites for hydroxylation is 2. The van der Waals surface area contributed by atoms with E-state index in [0.717, 1.165) is 6.54 Å². The first-order chi connectivity index (χ1) is 9.38. The van der Waals surface area contributed by atoms with Crippen molar-refractivity contribution in [3.05, 3.63) is 34.9 Å². The van der Waals surface area contributed by atoms with Crippen molar-refractivity contribution in [3.63, 3.8) is 0 Å². The van der Waals surface area contributed by atoms with Crippen molar-refractivity contribution in [3.8, 4) is 0 Å². The Kier molecular flexibility index (Phi) is 4.90. The first-order valence-corrected chi connectivity index (χ1v) is 8.23. The van der Waals surface area contributed by atoms with Crippen molar-refractivity contribution in [2.75, 3.05) is 6.54 Å². The fourth-order valence-electron chi connectivity index (χ4n) is 2.80. The molecule has 0 bridgehead atoms. The predicted molar refractivity (Wildman–Crippen MR) is 88.1 cm³/mol. The van der Waals surface area contributed by atoms with Crippen LogP contribution in [0.2, 0.25) is 0 Å². The van der Waals surface area contributed by atoms with E-state index >= 15 is 0 Å². The molecule has 1 aliphatic rings. The van der Waals surface area contributed by atoms with Crippen LogP contribution in [0.15, 0.2) is 18.2 Å². The minimum Gasteiger partial charge on any atom is -0.310 e. The second-order valence-electron chi connectivity index (χ2n) is 7.63. The van der Waals surface area contributed by atoms with Crippen LogP contribution in [0.5, 0.6) is 0 Å². The lowest BCUT2D eigenvalue weighted by molar-refractivity contribution is 0.247. The summed E-state index contributed by atoms with van der Waals surface area (Å²) in [5.74, 6) is 0.683. The zero-order chi connectivity index (χ0) is 14.8. The number of hydrogen-bond acceptors (Lipinski definition) is 1. The average molecular weight is 273 g/mol. The Morgan fingerprint density at radius 3 is 2.35 bits per heavy atom. The van der Waals surface area contributed by atoms with E-state index in [1.165, 1.54) is 31.2 Å². The predicted octanol–water partition coefficient (Wildman–Crippen LogP) is 4.90. The Bertz CT molecular complexity index is 442. The maximum absolute atomic E-state index is 3.71. The summed E-state index contributed by atoms with van der Waals surface area (Å²) in [6.07, 6.45) is 5.27. The maximum atomic E-state index is 3.71. The third-order valence-corrected chi connectivity index (χ3v) is 5.08. The van der Waals surface area contributed by atoms with Gasteiger partial charge in [0, 0.05) is 6.04 Å². The zero-order valence-corrected chi connectivity index (χ0v) is 13.9. The molecule has 0 heterocycles. The standard InChI is InChI=1S/C19H31N/c1-14(19(3,4)5)13-20-15(2)17-11-10-16-8-6-7-9-18(16)12-17/h10-12,14-15,20H,6-9,13H2,1-5H3. The molecule has 2 atom stereocenters. The third-order valence-electron chi connectivity index (χ3n) is 5.08. The molecule has 1 nitrogen and oxygen atoms in total. The lowest BCUT2D eigenvalue weighted by atomic mass is 9.82. The van der Waals surface area contributed by atoms with E-state index < -0.39 is 0 Å². The van der Waals surface area contributed by atoms with Crippen LogP contribution >= 0.6 is 0 Å². The Balaban J connectivity index is 1.97. The van der Waals surface area contributed by atoms with Gasteiger partial charge in [0.15, 0.2) is 0 Å². The van der Waals surface area contributed by atoms with Crippen LogP contribution in [0.4, 0.5) is 0 Å². The van der Waals surface area contributed by atoms with Crippen LogP contribution in [-0.2, 0) is 12.8 Å². The van der Waals surface area contributed by atoms with E-state index in [0.29, 0.717) is 17.4 Å². The van der Waals surface area contributed by atoms with Gasteiger partial charge >= 0.3 is 0 Å². The Labute approximate surface area is 125 Å². The van der Waals surface area contributed by atoms with Gasteiger partial charge in [0.05, 0.1) is 0 Å². The Morgan fingerprint density at radius 2 is 1.70 bits per heavy atom. The van der Waals surface area contributed by atoms with E-state index in [9.17, 15) is 0 Å². The Hall–Kier alpha value is -0.820. The maximum Gasteiger partial charge on any atom is 0.0292 e. The van der Waals surface area contributed by atoms with Crippen LogP contribution in [-0.4, -0.2) is 6.54 Å². The second-order valence-corrected chi connectivity index (χ2v) is 7.63. The van der Waals surface area contributed by atoms with Crippen molar-refractivity contribution in [2.45, 2.75) is 66.3 Å². The fourth-order valence-corrected chi connectivity index (χ4v) is 2.80. The van der Waals surface area contributed by atoms with Gasteiger partial charge in [-0.2, -0.15) is 0 Å². The summed E-state index contributed by atoms with van der Waals surface area (Å²) in [5, 5.41) is 3.71. The smallest absolute Gasteiger partial charge is 0.0292 e. The van der Waals surface area contributed by atoms with Crippen molar-refractivity contribution >= 4 is 0 Å². The molecule has 0 saturated carbocycles. The van der Waals surface area contributed by atoms with E-state index in [4.69, 9.17) is 0 Å². The summed E-state index contributed by atoms with van der Waals surface area (Å²) in [6.45, 7) is 12.7. The molecule has 2 rings (SSSR count). The van der Waals surface area contributed by atoms with Gasteiger partial charge in [-0.05, 0) is 67.2 Å². The number of rotatable bonds is 4. The Morgan fingerprint density at radius 1 is 1.05 bits per heavy atom. The number of fused-ring (bicyclic) bond motifs is 1. The molecule has 1 heteroatoms. The molecule has 1 aliphatic carbocycles. The normalized spacial score (nSPS) is 18.4. The largest absolute Gasteiger partial charge is 0.310 e. The molecule has 1 N–H and O–H groups in total. The van der Waals surface area contributed by atoms with Crippen LogP contribution in [0.25, 0.3) is 0 Å².